The van der Waals surface area contributed by atoms with Crippen LogP contribution in [0.1, 0.15) is 25.5 Å². The molecule has 1 N–H and O–H groups in total. The smallest absolute Gasteiger partial charge is 0.153 e. The molecule has 102 valence electrons. The third-order valence-electron chi connectivity index (χ3n) is 2.89. The van der Waals surface area contributed by atoms with Gasteiger partial charge in [-0.15, -0.1) is 0 Å². The Labute approximate surface area is 109 Å². The first-order valence-electron chi connectivity index (χ1n) is 6.09. The van der Waals surface area contributed by atoms with Crippen molar-refractivity contribution in [1.29, 1.82) is 0 Å². The van der Waals surface area contributed by atoms with Gasteiger partial charge in [0.05, 0.1) is 5.75 Å². The summed E-state index contributed by atoms with van der Waals surface area (Å²) in [5.41, 5.74) is 1.12. The first kappa shape index (κ1) is 15.0. The second-order valence-corrected chi connectivity index (χ2v) is 6.64. The fourth-order valence-corrected chi connectivity index (χ4v) is 2.10. The van der Waals surface area contributed by atoms with E-state index in [4.69, 9.17) is 4.74 Å². The lowest BCUT2D eigenvalue weighted by atomic mass is 10.1. The van der Waals surface area contributed by atoms with Gasteiger partial charge < -0.3 is 10.1 Å². The predicted molar refractivity (Wildman–Crippen MR) is 73.7 cm³/mol. The van der Waals surface area contributed by atoms with E-state index in [-0.39, 0.29) is 24.2 Å². The Balaban J connectivity index is 2.58. The van der Waals surface area contributed by atoms with Crippen LogP contribution in [0.15, 0.2) is 24.3 Å². The van der Waals surface area contributed by atoms with E-state index in [0.29, 0.717) is 5.75 Å². The Kier molecular flexibility index (Phi) is 5.62. The Bertz CT molecular complexity index is 471. The minimum Gasteiger partial charge on any atom is -0.493 e. The molecule has 0 aliphatic heterocycles. The zero-order chi connectivity index (χ0) is 13.6. The Hall–Kier alpha value is -1.07. The van der Waals surface area contributed by atoms with E-state index >= 15 is 0 Å². The van der Waals surface area contributed by atoms with Gasteiger partial charge in [-0.25, -0.2) is 8.42 Å². The van der Waals surface area contributed by atoms with Gasteiger partial charge in [-0.05, 0) is 31.7 Å². The molecule has 18 heavy (non-hydrogen) atoms. The monoisotopic (exact) mass is 271 g/mol. The molecule has 0 saturated carbocycles. The van der Waals surface area contributed by atoms with Gasteiger partial charge >= 0.3 is 0 Å². The van der Waals surface area contributed by atoms with Gasteiger partial charge in [0.1, 0.15) is 12.4 Å². The van der Waals surface area contributed by atoms with Crippen LogP contribution in [-0.4, -0.2) is 33.6 Å². The SMILES string of the molecule is CCS(=O)(=O)CCOc1cccc(C(C)NC)c1. The molecule has 0 aliphatic rings. The summed E-state index contributed by atoms with van der Waals surface area (Å²) in [7, 11) is -1.06. The minimum absolute atomic E-state index is 0.0648. The van der Waals surface area contributed by atoms with Crippen molar-refractivity contribution >= 4 is 9.84 Å². The highest BCUT2D eigenvalue weighted by atomic mass is 32.2. The highest BCUT2D eigenvalue weighted by Gasteiger charge is 2.08. The van der Waals surface area contributed by atoms with Crippen molar-refractivity contribution in [2.24, 2.45) is 0 Å². The maximum Gasteiger partial charge on any atom is 0.153 e. The lowest BCUT2D eigenvalue weighted by Gasteiger charge is -2.12. The number of rotatable bonds is 7. The molecule has 1 unspecified atom stereocenters. The molecule has 4 nitrogen and oxygen atoms in total. The third kappa shape index (κ3) is 4.66. The normalized spacial score (nSPS) is 13.3. The quantitative estimate of drug-likeness (QED) is 0.821. The fourth-order valence-electron chi connectivity index (χ4n) is 1.47. The van der Waals surface area contributed by atoms with Crippen molar-refractivity contribution in [3.63, 3.8) is 0 Å². The van der Waals surface area contributed by atoms with Gasteiger partial charge in [-0.2, -0.15) is 0 Å². The predicted octanol–water partition coefficient (Wildman–Crippen LogP) is 1.78. The van der Waals surface area contributed by atoms with Gasteiger partial charge in [0.25, 0.3) is 0 Å². The molecular formula is C13H21NO3S. The molecule has 0 spiro atoms. The van der Waals surface area contributed by atoms with E-state index in [2.05, 4.69) is 12.2 Å². The van der Waals surface area contributed by atoms with Crippen molar-refractivity contribution in [1.82, 2.24) is 5.32 Å². The van der Waals surface area contributed by atoms with Gasteiger partial charge in [0, 0.05) is 11.8 Å². The summed E-state index contributed by atoms with van der Waals surface area (Å²) < 4.78 is 28.1. The summed E-state index contributed by atoms with van der Waals surface area (Å²) in [6.07, 6.45) is 0. The van der Waals surface area contributed by atoms with Crippen LogP contribution < -0.4 is 10.1 Å². The van der Waals surface area contributed by atoms with Crippen LogP contribution in [0.25, 0.3) is 0 Å². The summed E-state index contributed by atoms with van der Waals surface area (Å²) in [5.74, 6) is 0.934. The van der Waals surface area contributed by atoms with Crippen LogP contribution in [0, 0.1) is 0 Å². The third-order valence-corrected chi connectivity index (χ3v) is 4.56. The number of sulfone groups is 1. The largest absolute Gasteiger partial charge is 0.493 e. The summed E-state index contributed by atoms with van der Waals surface area (Å²) in [6, 6.07) is 7.93. The Morgan fingerprint density at radius 3 is 2.72 bits per heavy atom. The zero-order valence-electron chi connectivity index (χ0n) is 11.1. The Morgan fingerprint density at radius 2 is 2.11 bits per heavy atom. The Morgan fingerprint density at radius 1 is 1.39 bits per heavy atom. The molecule has 0 saturated heterocycles. The van der Waals surface area contributed by atoms with E-state index in [1.165, 1.54) is 0 Å². The molecule has 1 aromatic rings. The van der Waals surface area contributed by atoms with Crippen molar-refractivity contribution in [2.45, 2.75) is 19.9 Å². The standard InChI is InChI=1S/C13H21NO3S/c1-4-18(15,16)9-8-17-13-7-5-6-12(10-13)11(2)14-3/h5-7,10-11,14H,4,8-9H2,1-3H3. The highest BCUT2D eigenvalue weighted by Crippen LogP contribution is 2.18. The van der Waals surface area contributed by atoms with Crippen molar-refractivity contribution in [3.05, 3.63) is 29.8 Å². The summed E-state index contributed by atoms with van der Waals surface area (Å²) in [6.45, 7) is 3.90. The average Bonchev–Trinajstić information content (AvgIpc) is 2.38. The van der Waals surface area contributed by atoms with Crippen LogP contribution >= 0.6 is 0 Å². The molecule has 1 atom stereocenters. The topological polar surface area (TPSA) is 55.4 Å². The van der Waals surface area contributed by atoms with Crippen molar-refractivity contribution in [2.75, 3.05) is 25.2 Å². The van der Waals surface area contributed by atoms with Crippen LogP contribution in [-0.2, 0) is 9.84 Å². The molecule has 5 heteroatoms. The van der Waals surface area contributed by atoms with Crippen molar-refractivity contribution < 1.29 is 13.2 Å². The number of hydrogen-bond acceptors (Lipinski definition) is 4. The summed E-state index contributed by atoms with van der Waals surface area (Å²) in [5, 5.41) is 3.15. The first-order valence-corrected chi connectivity index (χ1v) is 7.91. The molecule has 1 rings (SSSR count). The highest BCUT2D eigenvalue weighted by molar-refractivity contribution is 7.91. The fraction of sp³-hybridized carbons (Fsp3) is 0.538. The van der Waals surface area contributed by atoms with Gasteiger partial charge in [-0.3, -0.25) is 0 Å². The summed E-state index contributed by atoms with van der Waals surface area (Å²) >= 11 is 0. The number of benzene rings is 1. The molecule has 0 amide bonds. The average molecular weight is 271 g/mol. The van der Waals surface area contributed by atoms with E-state index in [1.54, 1.807) is 6.92 Å². The van der Waals surface area contributed by atoms with E-state index in [9.17, 15) is 8.42 Å². The molecular weight excluding hydrogens is 250 g/mol. The van der Waals surface area contributed by atoms with E-state index < -0.39 is 9.84 Å². The van der Waals surface area contributed by atoms with Crippen LogP contribution in [0.3, 0.4) is 0 Å². The van der Waals surface area contributed by atoms with Gasteiger partial charge in [0.15, 0.2) is 9.84 Å². The van der Waals surface area contributed by atoms with E-state index in [0.717, 1.165) is 5.56 Å². The second-order valence-electron chi connectivity index (χ2n) is 4.17. The van der Waals surface area contributed by atoms with Gasteiger partial charge in [-0.1, -0.05) is 19.1 Å². The van der Waals surface area contributed by atoms with Crippen LogP contribution in [0.2, 0.25) is 0 Å². The number of nitrogens with one attached hydrogen (secondary N) is 1. The molecule has 1 aromatic carbocycles. The molecule has 0 heterocycles. The molecule has 0 fully saturated rings. The van der Waals surface area contributed by atoms with Crippen LogP contribution in [0.5, 0.6) is 5.75 Å². The van der Waals surface area contributed by atoms with E-state index in [1.807, 2.05) is 31.3 Å². The zero-order valence-corrected chi connectivity index (χ0v) is 12.0. The first-order chi connectivity index (χ1) is 8.48. The summed E-state index contributed by atoms with van der Waals surface area (Å²) in [4.78, 5) is 0. The number of ether oxygens (including phenoxy) is 1. The minimum atomic E-state index is -2.96. The van der Waals surface area contributed by atoms with Crippen LogP contribution in [0.4, 0.5) is 0 Å². The lowest BCUT2D eigenvalue weighted by molar-refractivity contribution is 0.340. The molecule has 0 radical (unpaired) electrons. The van der Waals surface area contributed by atoms with Crippen molar-refractivity contribution in [3.8, 4) is 5.75 Å². The maximum absolute atomic E-state index is 11.3. The molecule has 0 aromatic heterocycles. The maximum atomic E-state index is 11.3. The second kappa shape index (κ2) is 6.75. The molecule has 0 aliphatic carbocycles. The molecule has 0 bridgehead atoms. The lowest BCUT2D eigenvalue weighted by Crippen LogP contribution is -2.16. The van der Waals surface area contributed by atoms with Gasteiger partial charge in [0.2, 0.25) is 0 Å². The number of hydrogen-bond donors (Lipinski definition) is 1.